The van der Waals surface area contributed by atoms with Crippen LogP contribution in [0.15, 0.2) is 29.6 Å². The van der Waals surface area contributed by atoms with Crippen molar-refractivity contribution in [2.75, 3.05) is 11.9 Å². The molecule has 2 amide bonds. The van der Waals surface area contributed by atoms with Crippen molar-refractivity contribution in [2.45, 2.75) is 17.3 Å². The Balaban J connectivity index is 1.59. The highest BCUT2D eigenvalue weighted by atomic mass is 35.5. The highest BCUT2D eigenvalue weighted by Gasteiger charge is 2.20. The summed E-state index contributed by atoms with van der Waals surface area (Å²) in [6.45, 7) is 1.06. The lowest BCUT2D eigenvalue weighted by molar-refractivity contribution is -0.123. The minimum absolute atomic E-state index is 0.292. The van der Waals surface area contributed by atoms with Crippen LogP contribution >= 0.6 is 35.0 Å². The topological polar surface area (TPSA) is 88.4 Å². The van der Waals surface area contributed by atoms with Crippen LogP contribution in [0.5, 0.6) is 0 Å². The molecule has 2 heterocycles. The second-order valence-corrected chi connectivity index (χ2v) is 8.08. The quantitative estimate of drug-likeness (QED) is 0.417. The van der Waals surface area contributed by atoms with E-state index >= 15 is 0 Å². The van der Waals surface area contributed by atoms with Crippen LogP contribution in [0.3, 0.4) is 0 Å². The number of benzene rings is 1. The predicted molar refractivity (Wildman–Crippen MR) is 106 cm³/mol. The number of anilines is 1. The molecule has 0 bridgehead atoms. The monoisotopic (exact) mass is 477 g/mol. The Hall–Kier alpha value is -2.50. The highest BCUT2D eigenvalue weighted by molar-refractivity contribution is 8.00. The van der Waals surface area contributed by atoms with Crippen LogP contribution in [-0.2, 0) is 9.59 Å². The van der Waals surface area contributed by atoms with E-state index in [1.807, 2.05) is 0 Å². The minimum atomic E-state index is -1.71. The molecular weight excluding hydrogens is 466 g/mol. The average Bonchev–Trinajstić information content (AvgIpc) is 3.09. The SMILES string of the molecule is CC(Sc1nnc2c(Cl)cc(Cl)cn12)C(=O)NCC(=O)Nc1ccc(F)c(F)c1F. The summed E-state index contributed by atoms with van der Waals surface area (Å²) in [6, 6.07) is 3.05. The first-order valence-electron chi connectivity index (χ1n) is 8.25. The molecule has 3 aromatic rings. The van der Waals surface area contributed by atoms with Gasteiger partial charge in [0.1, 0.15) is 0 Å². The smallest absolute Gasteiger partial charge is 0.243 e. The van der Waals surface area contributed by atoms with Crippen LogP contribution in [0.2, 0.25) is 10.0 Å². The molecule has 2 N–H and O–H groups in total. The van der Waals surface area contributed by atoms with Crippen molar-refractivity contribution < 1.29 is 22.8 Å². The lowest BCUT2D eigenvalue weighted by Gasteiger charge is -2.12. The van der Waals surface area contributed by atoms with E-state index in [0.29, 0.717) is 26.9 Å². The minimum Gasteiger partial charge on any atom is -0.346 e. The number of carbonyl (C=O) groups excluding carboxylic acids is 2. The van der Waals surface area contributed by atoms with Gasteiger partial charge in [-0.25, -0.2) is 13.2 Å². The molecule has 0 aliphatic carbocycles. The number of thioether (sulfide) groups is 1. The molecule has 2 aromatic heterocycles. The van der Waals surface area contributed by atoms with Crippen molar-refractivity contribution in [3.63, 3.8) is 0 Å². The maximum absolute atomic E-state index is 13.6. The number of aromatic nitrogens is 3. The Morgan fingerprint density at radius 2 is 1.93 bits per heavy atom. The van der Waals surface area contributed by atoms with Gasteiger partial charge in [-0.15, -0.1) is 10.2 Å². The number of amides is 2. The van der Waals surface area contributed by atoms with Crippen molar-refractivity contribution in [1.82, 2.24) is 19.9 Å². The molecule has 0 saturated heterocycles. The van der Waals surface area contributed by atoms with E-state index in [9.17, 15) is 22.8 Å². The van der Waals surface area contributed by atoms with E-state index in [1.165, 1.54) is 10.5 Å². The van der Waals surface area contributed by atoms with Gasteiger partial charge in [0, 0.05) is 6.20 Å². The van der Waals surface area contributed by atoms with Crippen molar-refractivity contribution in [2.24, 2.45) is 0 Å². The molecule has 0 spiro atoms. The van der Waals surface area contributed by atoms with Gasteiger partial charge < -0.3 is 10.6 Å². The largest absolute Gasteiger partial charge is 0.346 e. The summed E-state index contributed by atoms with van der Waals surface area (Å²) in [5.74, 6) is -5.96. The molecule has 0 aliphatic rings. The molecule has 158 valence electrons. The molecule has 0 radical (unpaired) electrons. The van der Waals surface area contributed by atoms with Gasteiger partial charge in [-0.2, -0.15) is 0 Å². The standard InChI is InChI=1S/C17H12Cl2F3N5O2S/c1-7(30-17-26-25-15-9(19)4-8(18)6-27(15)17)16(29)23-5-12(28)24-11-3-2-10(20)13(21)14(11)22/h2-4,6-7H,5H2,1H3,(H,23,29)(H,24,28). The molecule has 1 unspecified atom stereocenters. The van der Waals surface area contributed by atoms with Gasteiger partial charge in [-0.05, 0) is 25.1 Å². The van der Waals surface area contributed by atoms with Crippen molar-refractivity contribution in [3.8, 4) is 0 Å². The summed E-state index contributed by atoms with van der Waals surface area (Å²) in [5.41, 5.74) is -0.177. The summed E-state index contributed by atoms with van der Waals surface area (Å²) in [5, 5.41) is 12.6. The fraction of sp³-hybridized carbons (Fsp3) is 0.176. The van der Waals surface area contributed by atoms with E-state index in [1.54, 1.807) is 13.1 Å². The first-order valence-corrected chi connectivity index (χ1v) is 9.88. The van der Waals surface area contributed by atoms with Gasteiger partial charge in [0.2, 0.25) is 11.8 Å². The molecule has 30 heavy (non-hydrogen) atoms. The van der Waals surface area contributed by atoms with Crippen LogP contribution in [0.4, 0.5) is 18.9 Å². The summed E-state index contributed by atoms with van der Waals surface area (Å²) in [4.78, 5) is 24.1. The molecule has 13 heteroatoms. The molecule has 7 nitrogen and oxygen atoms in total. The zero-order valence-electron chi connectivity index (χ0n) is 15.1. The third kappa shape index (κ3) is 4.79. The second-order valence-electron chi connectivity index (χ2n) is 5.93. The molecule has 0 fully saturated rings. The maximum Gasteiger partial charge on any atom is 0.243 e. The Labute approximate surface area is 181 Å². The van der Waals surface area contributed by atoms with Crippen LogP contribution in [0.1, 0.15) is 6.92 Å². The predicted octanol–water partition coefficient (Wildman–Crippen LogP) is 3.69. The van der Waals surface area contributed by atoms with Crippen LogP contribution in [0, 0.1) is 17.5 Å². The fourth-order valence-corrected chi connectivity index (χ4v) is 3.68. The van der Waals surface area contributed by atoms with Gasteiger partial charge in [-0.3, -0.25) is 14.0 Å². The lowest BCUT2D eigenvalue weighted by Crippen LogP contribution is -2.37. The van der Waals surface area contributed by atoms with Crippen molar-refractivity contribution in [1.29, 1.82) is 0 Å². The summed E-state index contributed by atoms with van der Waals surface area (Å²) >= 11 is 13.1. The number of carbonyl (C=O) groups is 2. The van der Waals surface area contributed by atoms with Crippen LogP contribution in [-0.4, -0.2) is 38.2 Å². The number of halogens is 5. The Morgan fingerprint density at radius 3 is 2.67 bits per heavy atom. The second kappa shape index (κ2) is 9.11. The zero-order chi connectivity index (χ0) is 22.0. The van der Waals surface area contributed by atoms with E-state index < -0.39 is 46.7 Å². The first-order chi connectivity index (χ1) is 14.2. The van der Waals surface area contributed by atoms with Gasteiger partial charge in [0.15, 0.2) is 28.3 Å². The van der Waals surface area contributed by atoms with Gasteiger partial charge in [0.25, 0.3) is 0 Å². The van der Waals surface area contributed by atoms with E-state index in [-0.39, 0.29) is 0 Å². The van der Waals surface area contributed by atoms with Crippen molar-refractivity contribution in [3.05, 3.63) is 51.9 Å². The third-order valence-corrected chi connectivity index (χ3v) is 5.32. The van der Waals surface area contributed by atoms with Gasteiger partial charge in [0.05, 0.1) is 27.5 Å². The highest BCUT2D eigenvalue weighted by Crippen LogP contribution is 2.27. The number of pyridine rings is 1. The number of rotatable bonds is 6. The van der Waals surface area contributed by atoms with Crippen molar-refractivity contribution >= 4 is 58.1 Å². The Bertz CT molecular complexity index is 1140. The molecule has 1 atom stereocenters. The Kier molecular flexibility index (Phi) is 6.74. The van der Waals surface area contributed by atoms with Gasteiger partial charge >= 0.3 is 0 Å². The Morgan fingerprint density at radius 1 is 1.20 bits per heavy atom. The van der Waals surface area contributed by atoms with Crippen LogP contribution in [0.25, 0.3) is 5.65 Å². The number of nitrogens with zero attached hydrogens (tertiary/aromatic N) is 3. The lowest BCUT2D eigenvalue weighted by atomic mass is 10.2. The molecule has 0 aliphatic heterocycles. The summed E-state index contributed by atoms with van der Waals surface area (Å²) in [7, 11) is 0. The summed E-state index contributed by atoms with van der Waals surface area (Å²) in [6.07, 6.45) is 1.54. The normalized spacial score (nSPS) is 12.1. The average molecular weight is 478 g/mol. The summed E-state index contributed by atoms with van der Waals surface area (Å²) < 4.78 is 41.2. The zero-order valence-corrected chi connectivity index (χ0v) is 17.4. The molecule has 0 saturated carbocycles. The van der Waals surface area contributed by atoms with Gasteiger partial charge in [-0.1, -0.05) is 35.0 Å². The maximum atomic E-state index is 13.6. The molecular formula is C17H12Cl2F3N5O2S. The van der Waals surface area contributed by atoms with E-state index in [0.717, 1.165) is 17.8 Å². The third-order valence-electron chi connectivity index (χ3n) is 3.78. The fourth-order valence-electron chi connectivity index (χ4n) is 2.32. The van der Waals surface area contributed by atoms with E-state index in [2.05, 4.69) is 20.8 Å². The number of hydrogen-bond donors (Lipinski definition) is 2. The molecule has 3 rings (SSSR count). The van der Waals surface area contributed by atoms with E-state index in [4.69, 9.17) is 23.2 Å². The van der Waals surface area contributed by atoms with Crippen LogP contribution < -0.4 is 10.6 Å². The number of hydrogen-bond acceptors (Lipinski definition) is 5. The molecule has 1 aromatic carbocycles. The number of nitrogens with one attached hydrogen (secondary N) is 2. The first kappa shape index (κ1) is 22.2. The number of fused-ring (bicyclic) bond motifs is 1.